The summed E-state index contributed by atoms with van der Waals surface area (Å²) in [5, 5.41) is 10.4. The lowest BCUT2D eigenvalue weighted by Crippen LogP contribution is -2.23. The van der Waals surface area contributed by atoms with Crippen molar-refractivity contribution in [2.75, 3.05) is 13.1 Å². The highest BCUT2D eigenvalue weighted by Crippen LogP contribution is 2.16. The molecule has 1 fully saturated rings. The first-order valence-electron chi connectivity index (χ1n) is 6.63. The molecule has 0 amide bonds. The minimum atomic E-state index is 0.306. The van der Waals surface area contributed by atoms with E-state index in [4.69, 9.17) is 4.74 Å². The summed E-state index contributed by atoms with van der Waals surface area (Å²) in [6, 6.07) is 10.6. The van der Waals surface area contributed by atoms with Gasteiger partial charge in [0.05, 0.1) is 18.9 Å². The molecule has 1 aromatic carbocycles. The quantitative estimate of drug-likeness (QED) is 0.885. The molecule has 2 heterocycles. The Hall–Kier alpha value is -1.72. The van der Waals surface area contributed by atoms with Crippen LogP contribution in [0.25, 0.3) is 0 Å². The first-order valence-corrected chi connectivity index (χ1v) is 6.63. The zero-order valence-electron chi connectivity index (χ0n) is 10.8. The SMILES string of the molecule is c1ccc(CN2CC[C@H](OCc3cn[nH]n3)C2)cc1. The van der Waals surface area contributed by atoms with Crippen LogP contribution >= 0.6 is 0 Å². The Balaban J connectivity index is 1.45. The van der Waals surface area contributed by atoms with Crippen molar-refractivity contribution in [3.8, 4) is 0 Å². The van der Waals surface area contributed by atoms with Crippen molar-refractivity contribution < 1.29 is 4.74 Å². The van der Waals surface area contributed by atoms with E-state index in [2.05, 4.69) is 50.6 Å². The smallest absolute Gasteiger partial charge is 0.108 e. The molecule has 1 saturated heterocycles. The van der Waals surface area contributed by atoms with E-state index in [-0.39, 0.29) is 0 Å². The van der Waals surface area contributed by atoms with E-state index in [9.17, 15) is 0 Å². The largest absolute Gasteiger partial charge is 0.370 e. The average molecular weight is 258 g/mol. The fourth-order valence-electron chi connectivity index (χ4n) is 2.42. The van der Waals surface area contributed by atoms with E-state index in [0.29, 0.717) is 12.7 Å². The van der Waals surface area contributed by atoms with Crippen LogP contribution in [0.15, 0.2) is 36.5 Å². The standard InChI is InChI=1S/C14H18N4O/c1-2-4-12(5-3-1)9-18-7-6-14(10-18)19-11-13-8-15-17-16-13/h1-5,8,14H,6-7,9-11H2,(H,15,16,17)/t14-/m0/s1. The summed E-state index contributed by atoms with van der Waals surface area (Å²) in [6.07, 6.45) is 3.10. The molecule has 0 unspecified atom stereocenters. The predicted octanol–water partition coefficient (Wildman–Crippen LogP) is 1.60. The van der Waals surface area contributed by atoms with Gasteiger partial charge < -0.3 is 4.74 Å². The highest BCUT2D eigenvalue weighted by molar-refractivity contribution is 5.14. The van der Waals surface area contributed by atoms with Gasteiger partial charge in [-0.3, -0.25) is 4.90 Å². The number of nitrogens with one attached hydrogen (secondary N) is 1. The summed E-state index contributed by atoms with van der Waals surface area (Å²) in [5.41, 5.74) is 2.22. The normalized spacial score (nSPS) is 19.9. The molecule has 2 aromatic rings. The third kappa shape index (κ3) is 3.39. The van der Waals surface area contributed by atoms with Crippen LogP contribution in [-0.2, 0) is 17.9 Å². The Kier molecular flexibility index (Phi) is 3.86. The second-order valence-corrected chi connectivity index (χ2v) is 4.90. The van der Waals surface area contributed by atoms with Crippen molar-refractivity contribution in [3.63, 3.8) is 0 Å². The molecule has 3 rings (SSSR count). The molecular weight excluding hydrogens is 240 g/mol. The van der Waals surface area contributed by atoms with Crippen molar-refractivity contribution in [1.29, 1.82) is 0 Å². The highest BCUT2D eigenvalue weighted by Gasteiger charge is 2.23. The molecule has 5 heteroatoms. The van der Waals surface area contributed by atoms with Crippen LogP contribution in [0.1, 0.15) is 17.7 Å². The lowest BCUT2D eigenvalue weighted by Gasteiger charge is -2.16. The van der Waals surface area contributed by atoms with Crippen molar-refractivity contribution in [2.45, 2.75) is 25.7 Å². The molecule has 0 bridgehead atoms. The highest BCUT2D eigenvalue weighted by atomic mass is 16.5. The number of rotatable bonds is 5. The van der Waals surface area contributed by atoms with Gasteiger partial charge in [-0.05, 0) is 12.0 Å². The molecule has 0 aliphatic carbocycles. The van der Waals surface area contributed by atoms with Gasteiger partial charge in [0.15, 0.2) is 0 Å². The summed E-state index contributed by atoms with van der Waals surface area (Å²) >= 11 is 0. The molecule has 19 heavy (non-hydrogen) atoms. The number of nitrogens with zero attached hydrogens (tertiary/aromatic N) is 3. The van der Waals surface area contributed by atoms with Gasteiger partial charge in [0.1, 0.15) is 5.69 Å². The van der Waals surface area contributed by atoms with Gasteiger partial charge in [0, 0.05) is 19.6 Å². The van der Waals surface area contributed by atoms with Crippen LogP contribution in [0.3, 0.4) is 0 Å². The summed E-state index contributed by atoms with van der Waals surface area (Å²) < 4.78 is 5.85. The number of hydrogen-bond donors (Lipinski definition) is 1. The zero-order valence-corrected chi connectivity index (χ0v) is 10.8. The van der Waals surface area contributed by atoms with Gasteiger partial charge in [-0.15, -0.1) is 0 Å². The maximum Gasteiger partial charge on any atom is 0.108 e. The second kappa shape index (κ2) is 5.95. The van der Waals surface area contributed by atoms with Crippen molar-refractivity contribution in [3.05, 3.63) is 47.8 Å². The summed E-state index contributed by atoms with van der Waals surface area (Å²) in [4.78, 5) is 2.43. The number of likely N-dealkylation sites (tertiary alicyclic amines) is 1. The number of aromatic nitrogens is 3. The van der Waals surface area contributed by atoms with E-state index in [0.717, 1.165) is 31.7 Å². The summed E-state index contributed by atoms with van der Waals surface area (Å²) in [5.74, 6) is 0. The van der Waals surface area contributed by atoms with Crippen LogP contribution in [0.5, 0.6) is 0 Å². The minimum absolute atomic E-state index is 0.306. The van der Waals surface area contributed by atoms with Crippen LogP contribution in [0.2, 0.25) is 0 Å². The lowest BCUT2D eigenvalue weighted by molar-refractivity contribution is 0.0442. The number of hydrogen-bond acceptors (Lipinski definition) is 4. The molecule has 100 valence electrons. The molecule has 0 radical (unpaired) electrons. The van der Waals surface area contributed by atoms with E-state index < -0.39 is 0 Å². The molecule has 1 atom stereocenters. The Bertz CT molecular complexity index is 485. The fourth-order valence-corrected chi connectivity index (χ4v) is 2.42. The molecule has 1 N–H and O–H groups in total. The third-order valence-electron chi connectivity index (χ3n) is 3.41. The number of ether oxygens (including phenoxy) is 1. The van der Waals surface area contributed by atoms with Gasteiger partial charge in [0.2, 0.25) is 0 Å². The summed E-state index contributed by atoms with van der Waals surface area (Å²) in [7, 11) is 0. The predicted molar refractivity (Wildman–Crippen MR) is 71.3 cm³/mol. The Morgan fingerprint density at radius 3 is 3.00 bits per heavy atom. The van der Waals surface area contributed by atoms with Crippen LogP contribution in [0, 0.1) is 0 Å². The van der Waals surface area contributed by atoms with E-state index in [1.165, 1.54) is 5.56 Å². The number of aromatic amines is 1. The Labute approximate surface area is 112 Å². The van der Waals surface area contributed by atoms with Crippen LogP contribution in [0.4, 0.5) is 0 Å². The van der Waals surface area contributed by atoms with Gasteiger partial charge in [-0.1, -0.05) is 30.3 Å². The van der Waals surface area contributed by atoms with Gasteiger partial charge in [-0.25, -0.2) is 0 Å². The fraction of sp³-hybridized carbons (Fsp3) is 0.429. The maximum absolute atomic E-state index is 5.85. The Morgan fingerprint density at radius 2 is 2.21 bits per heavy atom. The monoisotopic (exact) mass is 258 g/mol. The third-order valence-corrected chi connectivity index (χ3v) is 3.41. The molecule has 5 nitrogen and oxygen atoms in total. The molecule has 0 saturated carbocycles. The Morgan fingerprint density at radius 1 is 1.32 bits per heavy atom. The van der Waals surface area contributed by atoms with Crippen LogP contribution < -0.4 is 0 Å². The first kappa shape index (κ1) is 12.3. The molecular formula is C14H18N4O. The molecule has 1 aliphatic rings. The van der Waals surface area contributed by atoms with Gasteiger partial charge in [-0.2, -0.15) is 15.4 Å². The van der Waals surface area contributed by atoms with E-state index >= 15 is 0 Å². The number of benzene rings is 1. The average Bonchev–Trinajstić information content (AvgIpc) is 3.09. The second-order valence-electron chi connectivity index (χ2n) is 4.90. The van der Waals surface area contributed by atoms with Gasteiger partial charge >= 0.3 is 0 Å². The first-order chi connectivity index (χ1) is 9.40. The molecule has 1 aliphatic heterocycles. The number of H-pyrrole nitrogens is 1. The molecule has 0 spiro atoms. The zero-order chi connectivity index (χ0) is 12.9. The van der Waals surface area contributed by atoms with E-state index in [1.807, 2.05) is 0 Å². The summed E-state index contributed by atoms with van der Waals surface area (Å²) in [6.45, 7) is 3.64. The maximum atomic E-state index is 5.85. The minimum Gasteiger partial charge on any atom is -0.370 e. The lowest BCUT2D eigenvalue weighted by atomic mass is 10.2. The molecule has 1 aromatic heterocycles. The van der Waals surface area contributed by atoms with Crippen molar-refractivity contribution in [2.24, 2.45) is 0 Å². The van der Waals surface area contributed by atoms with Crippen LogP contribution in [-0.4, -0.2) is 39.5 Å². The van der Waals surface area contributed by atoms with Gasteiger partial charge in [0.25, 0.3) is 0 Å². The van der Waals surface area contributed by atoms with E-state index in [1.54, 1.807) is 6.20 Å². The van der Waals surface area contributed by atoms with Crippen molar-refractivity contribution in [1.82, 2.24) is 20.3 Å². The topological polar surface area (TPSA) is 54.0 Å². The van der Waals surface area contributed by atoms with Crippen molar-refractivity contribution >= 4 is 0 Å².